The third-order valence-corrected chi connectivity index (χ3v) is 3.83. The van der Waals surface area contributed by atoms with Gasteiger partial charge in [0.15, 0.2) is 0 Å². The zero-order valence-electron chi connectivity index (χ0n) is 13.5. The van der Waals surface area contributed by atoms with E-state index >= 15 is 0 Å². The summed E-state index contributed by atoms with van der Waals surface area (Å²) in [5, 5.41) is 0.638. The molecule has 0 amide bonds. The maximum Gasteiger partial charge on any atom is 0.379 e. The van der Waals surface area contributed by atoms with E-state index in [4.69, 9.17) is 4.74 Å². The predicted octanol–water partition coefficient (Wildman–Crippen LogP) is 3.41. The molecule has 3 aromatic rings. The van der Waals surface area contributed by atoms with E-state index in [0.29, 0.717) is 17.7 Å². The van der Waals surface area contributed by atoms with Crippen LogP contribution >= 0.6 is 0 Å². The van der Waals surface area contributed by atoms with Crippen LogP contribution in [0.5, 0.6) is 5.75 Å². The Labute approximate surface area is 139 Å². The number of carbonyl (C=O) groups is 2. The molecule has 5 nitrogen and oxygen atoms in total. The van der Waals surface area contributed by atoms with E-state index in [-0.39, 0.29) is 5.56 Å². The van der Waals surface area contributed by atoms with Crippen molar-refractivity contribution in [2.45, 2.75) is 13.5 Å². The third kappa shape index (κ3) is 3.01. The number of aromatic nitrogens is 1. The number of nitrogens with one attached hydrogen (secondary N) is 1. The summed E-state index contributed by atoms with van der Waals surface area (Å²) in [4.78, 5) is 26.6. The van der Waals surface area contributed by atoms with Crippen LogP contribution in [0.1, 0.15) is 21.5 Å². The van der Waals surface area contributed by atoms with Gasteiger partial charge in [-0.05, 0) is 30.2 Å². The monoisotopic (exact) mass is 323 g/mol. The van der Waals surface area contributed by atoms with Crippen LogP contribution in [0.2, 0.25) is 0 Å². The van der Waals surface area contributed by atoms with Gasteiger partial charge in [-0.25, -0.2) is 4.79 Å². The second kappa shape index (κ2) is 6.58. The van der Waals surface area contributed by atoms with Crippen molar-refractivity contribution in [3.63, 3.8) is 0 Å². The molecule has 0 saturated carbocycles. The molecule has 3 rings (SSSR count). The number of methoxy groups -OCH3 is 1. The summed E-state index contributed by atoms with van der Waals surface area (Å²) < 4.78 is 10.4. The second-order valence-corrected chi connectivity index (χ2v) is 5.46. The van der Waals surface area contributed by atoms with Crippen LogP contribution in [0.3, 0.4) is 0 Å². The summed E-state index contributed by atoms with van der Waals surface area (Å²) in [6.45, 7) is 2.36. The molecule has 5 heteroatoms. The second-order valence-electron chi connectivity index (χ2n) is 5.46. The lowest BCUT2D eigenvalue weighted by atomic mass is 10.1. The Bertz CT molecular complexity index is 896. The third-order valence-electron chi connectivity index (χ3n) is 3.83. The standard InChI is InChI=1S/C19H17NO4/c1-12-8-16-14(15(10-20-16)18(21)19(22)23-2)9-17(12)24-11-13-6-4-3-5-7-13/h3-10,20H,11H2,1-2H3. The maximum absolute atomic E-state index is 12.1. The summed E-state index contributed by atoms with van der Waals surface area (Å²) in [5.74, 6) is -0.894. The van der Waals surface area contributed by atoms with Gasteiger partial charge in [0.25, 0.3) is 5.78 Å². The molecule has 1 aromatic heterocycles. The van der Waals surface area contributed by atoms with E-state index in [1.54, 1.807) is 6.07 Å². The zero-order valence-corrected chi connectivity index (χ0v) is 13.5. The minimum absolute atomic E-state index is 0.279. The number of aromatic amines is 1. The van der Waals surface area contributed by atoms with Crippen LogP contribution in [0.25, 0.3) is 10.9 Å². The van der Waals surface area contributed by atoms with E-state index in [1.807, 2.05) is 43.3 Å². The Kier molecular flexibility index (Phi) is 4.33. The van der Waals surface area contributed by atoms with Crippen LogP contribution in [-0.4, -0.2) is 23.8 Å². The van der Waals surface area contributed by atoms with Gasteiger partial charge in [-0.1, -0.05) is 30.3 Å². The number of carbonyl (C=O) groups excluding carboxylic acids is 2. The fourth-order valence-corrected chi connectivity index (χ4v) is 2.54. The molecule has 1 N–H and O–H groups in total. The highest BCUT2D eigenvalue weighted by molar-refractivity contribution is 6.43. The van der Waals surface area contributed by atoms with E-state index in [1.165, 1.54) is 13.3 Å². The van der Waals surface area contributed by atoms with Crippen molar-refractivity contribution >= 4 is 22.7 Å². The average Bonchev–Trinajstić information content (AvgIpc) is 3.01. The molecule has 0 unspecified atom stereocenters. The fraction of sp³-hybridized carbons (Fsp3) is 0.158. The highest BCUT2D eigenvalue weighted by atomic mass is 16.5. The molecule has 24 heavy (non-hydrogen) atoms. The van der Waals surface area contributed by atoms with Crippen molar-refractivity contribution in [2.24, 2.45) is 0 Å². The number of Topliss-reactive ketones (excluding diaryl/α,β-unsaturated/α-hetero) is 1. The van der Waals surface area contributed by atoms with E-state index in [2.05, 4.69) is 9.72 Å². The predicted molar refractivity (Wildman–Crippen MR) is 90.2 cm³/mol. The summed E-state index contributed by atoms with van der Waals surface area (Å²) in [6, 6.07) is 13.5. The van der Waals surface area contributed by atoms with Gasteiger partial charge in [0.2, 0.25) is 0 Å². The number of H-pyrrole nitrogens is 1. The number of benzene rings is 2. The molecule has 0 fully saturated rings. The molecule has 0 aliphatic rings. The van der Waals surface area contributed by atoms with Crippen molar-refractivity contribution in [3.05, 3.63) is 65.4 Å². The fourth-order valence-electron chi connectivity index (χ4n) is 2.54. The van der Waals surface area contributed by atoms with Crippen molar-refractivity contribution in [2.75, 3.05) is 7.11 Å². The first-order chi connectivity index (χ1) is 11.6. The summed E-state index contributed by atoms with van der Waals surface area (Å²) in [7, 11) is 1.19. The highest BCUT2D eigenvalue weighted by Gasteiger charge is 2.21. The first-order valence-corrected chi connectivity index (χ1v) is 7.51. The van der Waals surface area contributed by atoms with Gasteiger partial charge in [-0.3, -0.25) is 4.79 Å². The first-order valence-electron chi connectivity index (χ1n) is 7.51. The molecule has 0 bridgehead atoms. The number of rotatable bonds is 5. The van der Waals surface area contributed by atoms with Crippen LogP contribution < -0.4 is 4.74 Å². The van der Waals surface area contributed by atoms with Gasteiger partial charge in [0.05, 0.1) is 12.7 Å². The summed E-state index contributed by atoms with van der Waals surface area (Å²) in [6.07, 6.45) is 1.52. The molecular formula is C19H17NO4. The smallest absolute Gasteiger partial charge is 0.379 e. The van der Waals surface area contributed by atoms with Gasteiger partial charge in [-0.15, -0.1) is 0 Å². The normalized spacial score (nSPS) is 10.6. The lowest BCUT2D eigenvalue weighted by molar-refractivity contribution is -0.135. The van der Waals surface area contributed by atoms with Gasteiger partial charge in [-0.2, -0.15) is 0 Å². The SMILES string of the molecule is COC(=O)C(=O)c1c[nH]c2cc(C)c(OCc3ccccc3)cc12. The largest absolute Gasteiger partial charge is 0.489 e. The molecule has 122 valence electrons. The Hall–Kier alpha value is -3.08. The molecule has 2 aromatic carbocycles. The zero-order chi connectivity index (χ0) is 17.1. The van der Waals surface area contributed by atoms with Gasteiger partial charge < -0.3 is 14.5 Å². The van der Waals surface area contributed by atoms with Crippen molar-refractivity contribution in [1.82, 2.24) is 4.98 Å². The first kappa shape index (κ1) is 15.8. The minimum Gasteiger partial charge on any atom is -0.489 e. The lowest BCUT2D eigenvalue weighted by Crippen LogP contribution is -2.15. The molecule has 0 saturated heterocycles. The number of ketones is 1. The molecule has 0 aliphatic carbocycles. The maximum atomic E-state index is 12.1. The number of aryl methyl sites for hydroxylation is 1. The topological polar surface area (TPSA) is 68.4 Å². The van der Waals surface area contributed by atoms with Gasteiger partial charge >= 0.3 is 5.97 Å². The number of esters is 1. The van der Waals surface area contributed by atoms with E-state index in [9.17, 15) is 9.59 Å². The number of fused-ring (bicyclic) bond motifs is 1. The van der Waals surface area contributed by atoms with Crippen LogP contribution in [0.15, 0.2) is 48.7 Å². The number of hydrogen-bond acceptors (Lipinski definition) is 4. The van der Waals surface area contributed by atoms with Crippen molar-refractivity contribution in [3.8, 4) is 5.75 Å². The molecule has 0 atom stereocenters. The Balaban J connectivity index is 1.93. The van der Waals surface area contributed by atoms with E-state index in [0.717, 1.165) is 16.6 Å². The molecule has 0 aliphatic heterocycles. The number of ether oxygens (including phenoxy) is 2. The van der Waals surface area contributed by atoms with Gasteiger partial charge in [0, 0.05) is 17.1 Å². The molecule has 0 radical (unpaired) electrons. The van der Waals surface area contributed by atoms with E-state index < -0.39 is 11.8 Å². The van der Waals surface area contributed by atoms with Crippen LogP contribution in [0, 0.1) is 6.92 Å². The summed E-state index contributed by atoms with van der Waals surface area (Å²) in [5.41, 5.74) is 3.04. The van der Waals surface area contributed by atoms with Crippen LogP contribution in [-0.2, 0) is 16.1 Å². The highest BCUT2D eigenvalue weighted by Crippen LogP contribution is 2.28. The quantitative estimate of drug-likeness (QED) is 0.444. The Morgan fingerprint density at radius 3 is 2.58 bits per heavy atom. The lowest BCUT2D eigenvalue weighted by Gasteiger charge is -2.10. The average molecular weight is 323 g/mol. The Morgan fingerprint density at radius 1 is 1.12 bits per heavy atom. The van der Waals surface area contributed by atoms with Crippen molar-refractivity contribution in [1.29, 1.82) is 0 Å². The molecular weight excluding hydrogens is 306 g/mol. The molecule has 0 spiro atoms. The minimum atomic E-state index is -0.886. The summed E-state index contributed by atoms with van der Waals surface area (Å²) >= 11 is 0. The van der Waals surface area contributed by atoms with Crippen LogP contribution in [0.4, 0.5) is 0 Å². The van der Waals surface area contributed by atoms with Crippen molar-refractivity contribution < 1.29 is 19.1 Å². The Morgan fingerprint density at radius 2 is 1.88 bits per heavy atom. The van der Waals surface area contributed by atoms with Gasteiger partial charge in [0.1, 0.15) is 12.4 Å². The molecule has 1 heterocycles. The number of hydrogen-bond donors (Lipinski definition) is 1.